The minimum Gasteiger partial charge on any atom is -0.312 e. The molecular weight excluding hydrogens is 335 g/mol. The first-order valence-electron chi connectivity index (χ1n) is 8.41. The molecule has 3 nitrogen and oxygen atoms in total. The summed E-state index contributed by atoms with van der Waals surface area (Å²) >= 11 is 1.49. The highest BCUT2D eigenvalue weighted by atomic mass is 32.1. The van der Waals surface area contributed by atoms with Crippen molar-refractivity contribution in [1.29, 1.82) is 5.26 Å². The van der Waals surface area contributed by atoms with E-state index < -0.39 is 5.82 Å². The summed E-state index contributed by atoms with van der Waals surface area (Å²) in [6, 6.07) is 7.81. The van der Waals surface area contributed by atoms with Crippen molar-refractivity contribution in [2.24, 2.45) is 11.3 Å². The molecule has 2 aromatic rings. The summed E-state index contributed by atoms with van der Waals surface area (Å²) < 4.78 is 13.3. The van der Waals surface area contributed by atoms with Crippen LogP contribution in [0, 0.1) is 28.5 Å². The molecule has 0 spiro atoms. The zero-order chi connectivity index (χ0) is 18.2. The average Bonchev–Trinajstić information content (AvgIpc) is 2.90. The van der Waals surface area contributed by atoms with E-state index >= 15 is 0 Å². The summed E-state index contributed by atoms with van der Waals surface area (Å²) in [5.41, 5.74) is 2.11. The minimum absolute atomic E-state index is 0.222. The number of rotatable bonds is 2. The van der Waals surface area contributed by atoms with Crippen LogP contribution in [0.4, 0.5) is 9.39 Å². The van der Waals surface area contributed by atoms with Crippen molar-refractivity contribution in [2.75, 3.05) is 5.32 Å². The van der Waals surface area contributed by atoms with E-state index in [1.165, 1.54) is 34.4 Å². The smallest absolute Gasteiger partial charge is 0.256 e. The lowest BCUT2D eigenvalue weighted by Crippen LogP contribution is -2.26. The average molecular weight is 356 g/mol. The van der Waals surface area contributed by atoms with Crippen LogP contribution in [0.3, 0.4) is 0 Å². The summed E-state index contributed by atoms with van der Waals surface area (Å²) in [4.78, 5) is 13.6. The standard InChI is InChI=1S/C20H21FN2OS/c1-20(2,3)13-7-8-15-16(11-22)19(25-17(15)10-13)23-18(24)12-5-4-6-14(21)9-12/h4-6,9,13H,7-8,10H2,1-3H3,(H,23,24)/t13-/m1/s1. The van der Waals surface area contributed by atoms with E-state index in [0.717, 1.165) is 24.8 Å². The third-order valence-electron chi connectivity index (χ3n) is 4.92. The predicted octanol–water partition coefficient (Wildman–Crippen LogP) is 5.16. The molecule has 0 aliphatic heterocycles. The van der Waals surface area contributed by atoms with E-state index in [1.807, 2.05) is 0 Å². The molecule has 0 saturated heterocycles. The fourth-order valence-corrected chi connectivity index (χ4v) is 4.61. The molecule has 1 amide bonds. The van der Waals surface area contributed by atoms with Gasteiger partial charge >= 0.3 is 0 Å². The van der Waals surface area contributed by atoms with Gasteiger partial charge in [-0.15, -0.1) is 11.3 Å². The van der Waals surface area contributed by atoms with E-state index in [4.69, 9.17) is 0 Å². The first-order chi connectivity index (χ1) is 11.8. The first kappa shape index (κ1) is 17.6. The van der Waals surface area contributed by atoms with Crippen molar-refractivity contribution in [1.82, 2.24) is 0 Å². The second-order valence-corrected chi connectivity index (χ2v) is 8.70. The van der Waals surface area contributed by atoms with Gasteiger partial charge in [-0.1, -0.05) is 26.8 Å². The molecule has 1 aromatic heterocycles. The number of carbonyl (C=O) groups is 1. The van der Waals surface area contributed by atoms with Gasteiger partial charge < -0.3 is 5.32 Å². The molecule has 1 aliphatic rings. The summed E-state index contributed by atoms with van der Waals surface area (Å²) in [7, 11) is 0. The molecule has 25 heavy (non-hydrogen) atoms. The number of carbonyl (C=O) groups excluding carboxylic acids is 1. The largest absolute Gasteiger partial charge is 0.312 e. The van der Waals surface area contributed by atoms with Gasteiger partial charge in [0.2, 0.25) is 0 Å². The zero-order valence-corrected chi connectivity index (χ0v) is 15.5. The minimum atomic E-state index is -0.452. The van der Waals surface area contributed by atoms with Crippen LogP contribution in [0.1, 0.15) is 53.6 Å². The molecular formula is C20H21FN2OS. The number of thiophene rings is 1. The van der Waals surface area contributed by atoms with E-state index in [-0.39, 0.29) is 16.9 Å². The second kappa shape index (κ2) is 6.61. The maximum absolute atomic E-state index is 13.3. The molecule has 0 saturated carbocycles. The van der Waals surface area contributed by atoms with Crippen molar-refractivity contribution in [3.8, 4) is 6.07 Å². The maximum atomic E-state index is 13.3. The second-order valence-electron chi connectivity index (χ2n) is 7.59. The maximum Gasteiger partial charge on any atom is 0.256 e. The van der Waals surface area contributed by atoms with Crippen molar-refractivity contribution in [3.63, 3.8) is 0 Å². The summed E-state index contributed by atoms with van der Waals surface area (Å²) in [5.74, 6) is -0.273. The summed E-state index contributed by atoms with van der Waals surface area (Å²) in [6.45, 7) is 6.73. The highest BCUT2D eigenvalue weighted by molar-refractivity contribution is 7.16. The number of amides is 1. The predicted molar refractivity (Wildman–Crippen MR) is 98.4 cm³/mol. The Kier molecular flexibility index (Phi) is 4.66. The number of halogens is 1. The molecule has 0 unspecified atom stereocenters. The molecule has 1 N–H and O–H groups in total. The third kappa shape index (κ3) is 3.59. The van der Waals surface area contributed by atoms with E-state index in [9.17, 15) is 14.4 Å². The van der Waals surface area contributed by atoms with Gasteiger partial charge in [-0.2, -0.15) is 5.26 Å². The summed E-state index contributed by atoms with van der Waals surface area (Å²) in [6.07, 6.45) is 2.86. The van der Waals surface area contributed by atoms with Gasteiger partial charge in [-0.25, -0.2) is 4.39 Å². The fourth-order valence-electron chi connectivity index (χ4n) is 3.34. The highest BCUT2D eigenvalue weighted by Crippen LogP contribution is 2.44. The zero-order valence-electron chi connectivity index (χ0n) is 14.6. The Morgan fingerprint density at radius 3 is 2.80 bits per heavy atom. The Bertz CT molecular complexity index is 858. The third-order valence-corrected chi connectivity index (χ3v) is 6.09. The van der Waals surface area contributed by atoms with E-state index in [2.05, 4.69) is 32.2 Å². The molecule has 5 heteroatoms. The Balaban J connectivity index is 1.88. The lowest BCUT2D eigenvalue weighted by Gasteiger charge is -2.33. The molecule has 3 rings (SSSR count). The van der Waals surface area contributed by atoms with Crippen LogP contribution in [0.15, 0.2) is 24.3 Å². The van der Waals surface area contributed by atoms with Gasteiger partial charge in [0.1, 0.15) is 16.9 Å². The number of hydrogen-bond donors (Lipinski definition) is 1. The number of nitrogens with zero attached hydrogens (tertiary/aromatic N) is 1. The number of fused-ring (bicyclic) bond motifs is 1. The van der Waals surface area contributed by atoms with Crippen molar-refractivity contribution < 1.29 is 9.18 Å². The van der Waals surface area contributed by atoms with Crippen LogP contribution < -0.4 is 5.32 Å². The number of nitrogens with one attached hydrogen (secondary N) is 1. The molecule has 0 fully saturated rings. The van der Waals surface area contributed by atoms with Crippen molar-refractivity contribution in [2.45, 2.75) is 40.0 Å². The van der Waals surface area contributed by atoms with Gasteiger partial charge in [-0.3, -0.25) is 4.79 Å². The lowest BCUT2D eigenvalue weighted by atomic mass is 9.72. The molecule has 1 atom stereocenters. The number of nitriles is 1. The van der Waals surface area contributed by atoms with Gasteiger partial charge in [0.15, 0.2) is 0 Å². The number of anilines is 1. The van der Waals surface area contributed by atoms with Crippen LogP contribution in [0.5, 0.6) is 0 Å². The summed E-state index contributed by atoms with van der Waals surface area (Å²) in [5, 5.41) is 12.9. The Hall–Kier alpha value is -2.19. The first-order valence-corrected chi connectivity index (χ1v) is 9.23. The Labute approximate surface area is 151 Å². The molecule has 1 aromatic carbocycles. The van der Waals surface area contributed by atoms with Gasteiger partial charge in [-0.05, 0) is 54.4 Å². The van der Waals surface area contributed by atoms with Crippen LogP contribution in [-0.4, -0.2) is 5.91 Å². The lowest BCUT2D eigenvalue weighted by molar-refractivity contribution is 0.102. The number of hydrogen-bond acceptors (Lipinski definition) is 3. The Morgan fingerprint density at radius 2 is 2.16 bits per heavy atom. The fraction of sp³-hybridized carbons (Fsp3) is 0.400. The van der Waals surface area contributed by atoms with E-state index in [0.29, 0.717) is 16.5 Å². The van der Waals surface area contributed by atoms with E-state index in [1.54, 1.807) is 6.07 Å². The van der Waals surface area contributed by atoms with Gasteiger partial charge in [0.05, 0.1) is 5.56 Å². The van der Waals surface area contributed by atoms with Crippen molar-refractivity contribution in [3.05, 3.63) is 51.7 Å². The monoisotopic (exact) mass is 356 g/mol. The number of benzene rings is 1. The highest BCUT2D eigenvalue weighted by Gasteiger charge is 2.32. The molecule has 130 valence electrons. The Morgan fingerprint density at radius 1 is 1.40 bits per heavy atom. The van der Waals surface area contributed by atoms with Crippen LogP contribution in [-0.2, 0) is 12.8 Å². The quantitative estimate of drug-likeness (QED) is 0.808. The molecule has 0 bridgehead atoms. The normalized spacial score (nSPS) is 16.8. The topological polar surface area (TPSA) is 52.9 Å². The SMILES string of the molecule is CC(C)(C)[C@@H]1CCc2c(sc(NC(=O)c3cccc(F)c3)c2C#N)C1. The van der Waals surface area contributed by atoms with Crippen molar-refractivity contribution >= 4 is 22.2 Å². The van der Waals surface area contributed by atoms with Crippen LogP contribution in [0.25, 0.3) is 0 Å². The molecule has 1 heterocycles. The van der Waals surface area contributed by atoms with Gasteiger partial charge in [0, 0.05) is 10.4 Å². The van der Waals surface area contributed by atoms with Crippen LogP contribution >= 0.6 is 11.3 Å². The molecule has 0 radical (unpaired) electrons. The van der Waals surface area contributed by atoms with Crippen LogP contribution in [0.2, 0.25) is 0 Å². The molecule has 1 aliphatic carbocycles. The van der Waals surface area contributed by atoms with Gasteiger partial charge in [0.25, 0.3) is 5.91 Å².